The molecule has 3 heterocycles. The van der Waals surface area contributed by atoms with Crippen molar-refractivity contribution in [1.82, 2.24) is 25.1 Å². The van der Waals surface area contributed by atoms with Crippen LogP contribution in [0, 0.1) is 0 Å². The topological polar surface area (TPSA) is 120 Å². The molecule has 11 heteroatoms. The quantitative estimate of drug-likeness (QED) is 0.570. The van der Waals surface area contributed by atoms with Crippen molar-refractivity contribution >= 4 is 29.3 Å². The first-order valence-electron chi connectivity index (χ1n) is 9.05. The van der Waals surface area contributed by atoms with E-state index in [0.29, 0.717) is 41.2 Å². The van der Waals surface area contributed by atoms with Crippen molar-refractivity contribution in [2.24, 2.45) is 0 Å². The molecule has 1 aromatic carbocycles. The number of carbonyl (C=O) groups excluding carboxylic acids is 2. The van der Waals surface area contributed by atoms with E-state index in [2.05, 4.69) is 25.8 Å². The SMILES string of the molecule is CNC(=O)c1cn(-c2ccc(SCC(=O)Nc3ccc4c(c3)OCCO4)nn2)cn1. The Morgan fingerprint density at radius 2 is 1.97 bits per heavy atom. The van der Waals surface area contributed by atoms with Gasteiger partial charge in [0.25, 0.3) is 5.91 Å². The van der Waals surface area contributed by atoms with Crippen molar-refractivity contribution in [3.8, 4) is 17.3 Å². The Kier molecular flexibility index (Phi) is 5.80. The summed E-state index contributed by atoms with van der Waals surface area (Å²) in [6, 6.07) is 8.77. The molecular formula is C19H18N6O4S. The number of thioether (sulfide) groups is 1. The summed E-state index contributed by atoms with van der Waals surface area (Å²) >= 11 is 1.26. The lowest BCUT2D eigenvalue weighted by molar-refractivity contribution is -0.113. The third-order valence-corrected chi connectivity index (χ3v) is 5.03. The van der Waals surface area contributed by atoms with Gasteiger partial charge in [0.1, 0.15) is 30.3 Å². The zero-order valence-electron chi connectivity index (χ0n) is 16.0. The summed E-state index contributed by atoms with van der Waals surface area (Å²) in [5.74, 6) is 1.53. The second-order valence-electron chi connectivity index (χ2n) is 6.17. The molecule has 0 saturated heterocycles. The molecule has 0 fully saturated rings. The number of nitrogens with zero attached hydrogens (tertiary/aromatic N) is 4. The number of fused-ring (bicyclic) bond motifs is 1. The molecule has 0 aliphatic carbocycles. The minimum absolute atomic E-state index is 0.174. The van der Waals surface area contributed by atoms with Gasteiger partial charge in [-0.1, -0.05) is 11.8 Å². The van der Waals surface area contributed by atoms with Gasteiger partial charge >= 0.3 is 0 Å². The van der Waals surface area contributed by atoms with Gasteiger partial charge in [-0.05, 0) is 24.3 Å². The number of nitrogens with one attached hydrogen (secondary N) is 2. The lowest BCUT2D eigenvalue weighted by Crippen LogP contribution is -2.18. The molecule has 0 atom stereocenters. The highest BCUT2D eigenvalue weighted by molar-refractivity contribution is 7.99. The first kappa shape index (κ1) is 19.7. The normalized spacial score (nSPS) is 12.3. The predicted molar refractivity (Wildman–Crippen MR) is 109 cm³/mol. The minimum atomic E-state index is -0.280. The van der Waals surface area contributed by atoms with Crippen LogP contribution in [-0.2, 0) is 4.79 Å². The van der Waals surface area contributed by atoms with Crippen LogP contribution in [0.3, 0.4) is 0 Å². The van der Waals surface area contributed by atoms with Crippen LogP contribution in [0.25, 0.3) is 5.82 Å². The average Bonchev–Trinajstić information content (AvgIpc) is 3.28. The zero-order chi connectivity index (χ0) is 20.9. The van der Waals surface area contributed by atoms with Gasteiger partial charge in [-0.25, -0.2) is 4.98 Å². The van der Waals surface area contributed by atoms with Gasteiger partial charge in [-0.2, -0.15) is 0 Å². The van der Waals surface area contributed by atoms with Crippen molar-refractivity contribution in [1.29, 1.82) is 0 Å². The third-order valence-electron chi connectivity index (χ3n) is 4.11. The number of rotatable bonds is 6. The van der Waals surface area contributed by atoms with Crippen LogP contribution in [-0.4, -0.2) is 57.6 Å². The minimum Gasteiger partial charge on any atom is -0.486 e. The van der Waals surface area contributed by atoms with Gasteiger partial charge in [0, 0.05) is 25.0 Å². The number of anilines is 1. The number of ether oxygens (including phenoxy) is 2. The summed E-state index contributed by atoms with van der Waals surface area (Å²) in [5.41, 5.74) is 0.923. The van der Waals surface area contributed by atoms with E-state index in [9.17, 15) is 9.59 Å². The Bertz CT molecular complexity index is 1070. The van der Waals surface area contributed by atoms with E-state index in [1.807, 2.05) is 0 Å². The molecular weight excluding hydrogens is 408 g/mol. The number of imidazole rings is 1. The second-order valence-corrected chi connectivity index (χ2v) is 7.17. The third kappa shape index (κ3) is 4.51. The Labute approximate surface area is 176 Å². The van der Waals surface area contributed by atoms with Crippen molar-refractivity contribution < 1.29 is 19.1 Å². The van der Waals surface area contributed by atoms with Crippen LogP contribution in [0.2, 0.25) is 0 Å². The van der Waals surface area contributed by atoms with E-state index >= 15 is 0 Å². The number of hydrogen-bond donors (Lipinski definition) is 2. The van der Waals surface area contributed by atoms with Crippen molar-refractivity contribution in [3.05, 3.63) is 48.5 Å². The summed E-state index contributed by atoms with van der Waals surface area (Å²) in [4.78, 5) is 27.8. The van der Waals surface area contributed by atoms with E-state index in [0.717, 1.165) is 0 Å². The van der Waals surface area contributed by atoms with Crippen LogP contribution < -0.4 is 20.1 Å². The molecule has 2 aromatic heterocycles. The zero-order valence-corrected chi connectivity index (χ0v) is 16.8. The van der Waals surface area contributed by atoms with Crippen LogP contribution in [0.5, 0.6) is 11.5 Å². The van der Waals surface area contributed by atoms with Gasteiger partial charge in [-0.3, -0.25) is 14.2 Å². The fraction of sp³-hybridized carbons (Fsp3) is 0.211. The van der Waals surface area contributed by atoms with Crippen LogP contribution in [0.1, 0.15) is 10.5 Å². The average molecular weight is 426 g/mol. The maximum atomic E-state index is 12.2. The van der Waals surface area contributed by atoms with Crippen molar-refractivity contribution in [3.63, 3.8) is 0 Å². The maximum absolute atomic E-state index is 12.2. The number of benzene rings is 1. The Morgan fingerprint density at radius 1 is 1.13 bits per heavy atom. The van der Waals surface area contributed by atoms with Crippen LogP contribution in [0.15, 0.2) is 47.9 Å². The lowest BCUT2D eigenvalue weighted by atomic mass is 10.2. The molecule has 154 valence electrons. The van der Waals surface area contributed by atoms with Gasteiger partial charge in [0.15, 0.2) is 17.3 Å². The Balaban J connectivity index is 1.32. The van der Waals surface area contributed by atoms with Crippen LogP contribution >= 0.6 is 11.8 Å². The lowest BCUT2D eigenvalue weighted by Gasteiger charge is -2.18. The van der Waals surface area contributed by atoms with Gasteiger partial charge in [-0.15, -0.1) is 10.2 Å². The monoisotopic (exact) mass is 426 g/mol. The van der Waals surface area contributed by atoms with E-state index in [1.165, 1.54) is 25.1 Å². The van der Waals surface area contributed by atoms with Gasteiger partial charge in [0.05, 0.1) is 5.75 Å². The highest BCUT2D eigenvalue weighted by Gasteiger charge is 2.13. The smallest absolute Gasteiger partial charge is 0.271 e. The molecule has 0 bridgehead atoms. The summed E-state index contributed by atoms with van der Waals surface area (Å²) in [6.07, 6.45) is 3.05. The van der Waals surface area contributed by atoms with Crippen molar-refractivity contribution in [2.45, 2.75) is 5.03 Å². The fourth-order valence-corrected chi connectivity index (χ4v) is 3.29. The largest absolute Gasteiger partial charge is 0.486 e. The Morgan fingerprint density at radius 3 is 2.73 bits per heavy atom. The molecule has 0 saturated carbocycles. The molecule has 0 radical (unpaired) electrons. The number of hydrogen-bond acceptors (Lipinski definition) is 8. The first-order chi connectivity index (χ1) is 14.6. The summed E-state index contributed by atoms with van der Waals surface area (Å²) in [6.45, 7) is 1.01. The van der Waals surface area contributed by atoms with Gasteiger partial charge in [0.2, 0.25) is 5.91 Å². The highest BCUT2D eigenvalue weighted by atomic mass is 32.2. The summed E-state index contributed by atoms with van der Waals surface area (Å²) < 4.78 is 12.6. The number of amides is 2. The van der Waals surface area contributed by atoms with Crippen LogP contribution in [0.4, 0.5) is 5.69 Å². The molecule has 30 heavy (non-hydrogen) atoms. The second kappa shape index (κ2) is 8.82. The molecule has 4 rings (SSSR count). The predicted octanol–water partition coefficient (Wildman–Crippen LogP) is 1.52. The van der Waals surface area contributed by atoms with Crippen molar-refractivity contribution in [2.75, 3.05) is 31.3 Å². The number of aromatic nitrogens is 4. The maximum Gasteiger partial charge on any atom is 0.271 e. The molecule has 0 unspecified atom stereocenters. The highest BCUT2D eigenvalue weighted by Crippen LogP contribution is 2.32. The van der Waals surface area contributed by atoms with E-state index < -0.39 is 0 Å². The first-order valence-corrected chi connectivity index (χ1v) is 10.0. The van der Waals surface area contributed by atoms with E-state index in [1.54, 1.807) is 41.1 Å². The Hall–Kier alpha value is -3.60. The molecule has 1 aliphatic rings. The summed E-state index contributed by atoms with van der Waals surface area (Å²) in [5, 5.41) is 14.2. The molecule has 3 aromatic rings. The van der Waals surface area contributed by atoms with Gasteiger partial charge < -0.3 is 20.1 Å². The molecule has 0 spiro atoms. The molecule has 2 amide bonds. The van der Waals surface area contributed by atoms with E-state index in [4.69, 9.17) is 9.47 Å². The number of carbonyl (C=O) groups is 2. The standard InChI is InChI=1S/C19H18N6O4S/c1-20-19(27)13-9-25(11-21-13)16-4-5-18(24-23-16)30-10-17(26)22-12-2-3-14-15(8-12)29-7-6-28-14/h2-5,8-9,11H,6-7,10H2,1H3,(H,20,27)(H,22,26). The molecule has 1 aliphatic heterocycles. The fourth-order valence-electron chi connectivity index (χ4n) is 2.68. The molecule has 2 N–H and O–H groups in total. The summed E-state index contributed by atoms with van der Waals surface area (Å²) in [7, 11) is 1.54. The molecule has 10 nitrogen and oxygen atoms in total. The van der Waals surface area contributed by atoms with E-state index in [-0.39, 0.29) is 23.3 Å².